The quantitative estimate of drug-likeness (QED) is 0.375. The minimum Gasteiger partial charge on any atom is -0.335 e. The Hall–Kier alpha value is -3.20. The average Bonchev–Trinajstić information content (AvgIpc) is 3.02. The predicted octanol–water partition coefficient (Wildman–Crippen LogP) is 3.12. The third-order valence-electron chi connectivity index (χ3n) is 3.97. The van der Waals surface area contributed by atoms with Gasteiger partial charge in [-0.1, -0.05) is 36.0 Å². The Labute approximate surface area is 165 Å². The topological polar surface area (TPSA) is 103 Å². The number of anilines is 1. The summed E-state index contributed by atoms with van der Waals surface area (Å²) in [6, 6.07) is 12.8. The van der Waals surface area contributed by atoms with Crippen molar-refractivity contribution in [2.75, 3.05) is 11.2 Å². The molecule has 144 valence electrons. The summed E-state index contributed by atoms with van der Waals surface area (Å²) in [6.07, 6.45) is 0. The van der Waals surface area contributed by atoms with Crippen molar-refractivity contribution in [2.24, 2.45) is 0 Å². The fourth-order valence-corrected chi connectivity index (χ4v) is 3.23. The van der Waals surface area contributed by atoms with Gasteiger partial charge in [-0.05, 0) is 38.1 Å². The van der Waals surface area contributed by atoms with Crippen molar-refractivity contribution in [1.29, 1.82) is 0 Å². The summed E-state index contributed by atoms with van der Waals surface area (Å²) in [5, 5.41) is 10.4. The molecule has 0 saturated heterocycles. The summed E-state index contributed by atoms with van der Waals surface area (Å²) in [4.78, 5) is 23.9. The van der Waals surface area contributed by atoms with Crippen LogP contribution in [0.1, 0.15) is 24.2 Å². The van der Waals surface area contributed by atoms with Crippen molar-refractivity contribution in [3.8, 4) is 11.4 Å². The van der Waals surface area contributed by atoms with E-state index in [-0.39, 0.29) is 28.2 Å². The summed E-state index contributed by atoms with van der Waals surface area (Å²) < 4.78 is 15.1. The van der Waals surface area contributed by atoms with Gasteiger partial charge in [0.2, 0.25) is 11.1 Å². The number of ketones is 1. The van der Waals surface area contributed by atoms with Gasteiger partial charge in [0.05, 0.1) is 10.8 Å². The highest BCUT2D eigenvalue weighted by Gasteiger charge is 2.21. The lowest BCUT2D eigenvalue weighted by Crippen LogP contribution is -2.23. The molecule has 1 aromatic heterocycles. The average molecular weight is 399 g/mol. The van der Waals surface area contributed by atoms with E-state index in [1.54, 1.807) is 49.4 Å². The first-order chi connectivity index (χ1) is 13.4. The highest BCUT2D eigenvalue weighted by molar-refractivity contribution is 8.00. The van der Waals surface area contributed by atoms with Crippen molar-refractivity contribution < 1.29 is 14.0 Å². The number of nitrogen functional groups attached to an aromatic ring is 1. The fraction of sp³-hybridized carbons (Fsp3) is 0.158. The van der Waals surface area contributed by atoms with E-state index >= 15 is 0 Å². The van der Waals surface area contributed by atoms with Crippen LogP contribution in [0.5, 0.6) is 0 Å². The van der Waals surface area contributed by atoms with Crippen LogP contribution in [0.25, 0.3) is 11.4 Å². The molecule has 0 aliphatic rings. The zero-order valence-corrected chi connectivity index (χ0v) is 16.0. The molecule has 0 aliphatic heterocycles. The summed E-state index contributed by atoms with van der Waals surface area (Å²) in [7, 11) is 0. The Morgan fingerprint density at radius 3 is 2.64 bits per heavy atom. The summed E-state index contributed by atoms with van der Waals surface area (Å²) in [5.41, 5.74) is 1.25. The number of benzene rings is 2. The second kappa shape index (κ2) is 8.22. The second-order valence-corrected chi connectivity index (χ2v) is 7.35. The molecule has 1 heterocycles. The number of hydrogen-bond acceptors (Lipinski definition) is 6. The number of hydrogen-bond donors (Lipinski definition) is 2. The van der Waals surface area contributed by atoms with E-state index in [2.05, 4.69) is 15.5 Å². The van der Waals surface area contributed by atoms with Gasteiger partial charge >= 0.3 is 0 Å². The molecular weight excluding hydrogens is 381 g/mol. The van der Waals surface area contributed by atoms with E-state index in [1.807, 2.05) is 0 Å². The van der Waals surface area contributed by atoms with Gasteiger partial charge in [-0.2, -0.15) is 0 Å². The second-order valence-electron chi connectivity index (χ2n) is 6.04. The summed E-state index contributed by atoms with van der Waals surface area (Å²) in [5.74, 6) is 5.32. The number of nitrogens with one attached hydrogen (secondary N) is 1. The molecule has 2 aromatic carbocycles. The highest BCUT2D eigenvalue weighted by Crippen LogP contribution is 2.26. The Balaban J connectivity index is 1.72. The molecule has 0 aliphatic carbocycles. The van der Waals surface area contributed by atoms with E-state index in [0.717, 1.165) is 16.4 Å². The van der Waals surface area contributed by atoms with Gasteiger partial charge in [0.1, 0.15) is 5.82 Å². The smallest absolute Gasteiger partial charge is 0.237 e. The van der Waals surface area contributed by atoms with Crippen molar-refractivity contribution in [3.63, 3.8) is 0 Å². The van der Waals surface area contributed by atoms with Crippen molar-refractivity contribution >= 4 is 29.1 Å². The van der Waals surface area contributed by atoms with E-state index < -0.39 is 11.1 Å². The molecule has 3 aromatic rings. The van der Waals surface area contributed by atoms with Crippen LogP contribution >= 0.6 is 11.8 Å². The number of amides is 1. The highest BCUT2D eigenvalue weighted by atomic mass is 32.2. The molecule has 1 amide bonds. The lowest BCUT2D eigenvalue weighted by molar-refractivity contribution is -0.115. The maximum absolute atomic E-state index is 14.0. The van der Waals surface area contributed by atoms with Gasteiger partial charge in [-0.15, -0.1) is 10.2 Å². The number of thioether (sulfide) groups is 1. The van der Waals surface area contributed by atoms with Crippen LogP contribution in [0.3, 0.4) is 0 Å². The minimum atomic E-state index is -0.555. The van der Waals surface area contributed by atoms with Crippen LogP contribution in [0, 0.1) is 5.82 Å². The first-order valence-corrected chi connectivity index (χ1v) is 9.28. The molecule has 0 unspecified atom stereocenters. The van der Waals surface area contributed by atoms with Gasteiger partial charge in [0, 0.05) is 11.3 Å². The van der Waals surface area contributed by atoms with E-state index in [4.69, 9.17) is 5.84 Å². The Morgan fingerprint density at radius 1 is 1.18 bits per heavy atom. The zero-order chi connectivity index (χ0) is 20.3. The molecule has 1 atom stereocenters. The first-order valence-electron chi connectivity index (χ1n) is 8.40. The van der Waals surface area contributed by atoms with E-state index in [0.29, 0.717) is 11.3 Å². The number of halogens is 1. The maximum Gasteiger partial charge on any atom is 0.237 e. The van der Waals surface area contributed by atoms with Gasteiger partial charge < -0.3 is 11.2 Å². The van der Waals surface area contributed by atoms with Crippen molar-refractivity contribution in [2.45, 2.75) is 24.3 Å². The van der Waals surface area contributed by atoms with Crippen LogP contribution in [-0.4, -0.2) is 31.8 Å². The Morgan fingerprint density at radius 2 is 1.93 bits per heavy atom. The molecule has 9 heteroatoms. The summed E-state index contributed by atoms with van der Waals surface area (Å²) >= 11 is 1.09. The number of nitrogens with zero attached hydrogens (tertiary/aromatic N) is 3. The van der Waals surface area contributed by atoms with Crippen LogP contribution in [0.4, 0.5) is 10.1 Å². The lowest BCUT2D eigenvalue weighted by Gasteiger charge is -2.12. The number of aromatic nitrogens is 3. The number of carbonyl (C=O) groups is 2. The Kier molecular flexibility index (Phi) is 5.74. The molecule has 0 saturated carbocycles. The normalized spacial score (nSPS) is 11.8. The van der Waals surface area contributed by atoms with Gasteiger partial charge in [0.15, 0.2) is 11.6 Å². The van der Waals surface area contributed by atoms with Gasteiger partial charge in [-0.25, -0.2) is 9.07 Å². The SMILES string of the molecule is CC(=O)c1cccc(NC(=O)[C@@H](C)Sc2nnc(-c3ccccc3F)n2N)c1. The third kappa shape index (κ3) is 4.20. The van der Waals surface area contributed by atoms with E-state index in [1.165, 1.54) is 13.0 Å². The monoisotopic (exact) mass is 399 g/mol. The standard InChI is InChI=1S/C19H18FN5O2S/c1-11(26)13-6-5-7-14(10-13)22-18(27)12(2)28-19-24-23-17(25(19)21)15-8-3-4-9-16(15)20/h3-10,12H,21H2,1-2H3,(H,22,27)/t12-/m1/s1. The molecule has 0 radical (unpaired) electrons. The number of rotatable bonds is 6. The number of carbonyl (C=O) groups excluding carboxylic acids is 2. The Bertz CT molecular complexity index is 1040. The molecule has 7 nitrogen and oxygen atoms in total. The predicted molar refractivity (Wildman–Crippen MR) is 106 cm³/mol. The minimum absolute atomic E-state index is 0.0876. The molecule has 0 bridgehead atoms. The van der Waals surface area contributed by atoms with Gasteiger partial charge in [-0.3, -0.25) is 9.59 Å². The number of Topliss-reactive ketones (excluding diaryl/α,β-unsaturated/α-hetero) is 1. The van der Waals surface area contributed by atoms with Crippen LogP contribution in [0.2, 0.25) is 0 Å². The number of nitrogens with two attached hydrogens (primary N) is 1. The largest absolute Gasteiger partial charge is 0.335 e. The molecule has 3 N–H and O–H groups in total. The van der Waals surface area contributed by atoms with Gasteiger partial charge in [0.25, 0.3) is 0 Å². The zero-order valence-electron chi connectivity index (χ0n) is 15.2. The van der Waals surface area contributed by atoms with Crippen LogP contribution in [0.15, 0.2) is 53.7 Å². The van der Waals surface area contributed by atoms with Crippen molar-refractivity contribution in [3.05, 3.63) is 59.9 Å². The fourth-order valence-electron chi connectivity index (χ4n) is 2.46. The maximum atomic E-state index is 14.0. The molecule has 28 heavy (non-hydrogen) atoms. The van der Waals surface area contributed by atoms with E-state index in [9.17, 15) is 14.0 Å². The van der Waals surface area contributed by atoms with Crippen LogP contribution < -0.4 is 11.2 Å². The molecule has 3 rings (SSSR count). The molecular formula is C19H18FN5O2S. The molecule has 0 fully saturated rings. The first kappa shape index (κ1) is 19.6. The lowest BCUT2D eigenvalue weighted by atomic mass is 10.1. The molecule has 0 spiro atoms. The summed E-state index contributed by atoms with van der Waals surface area (Å²) in [6.45, 7) is 3.15. The van der Waals surface area contributed by atoms with Crippen LogP contribution in [-0.2, 0) is 4.79 Å². The third-order valence-corrected chi connectivity index (χ3v) is 5.02. The van der Waals surface area contributed by atoms with Crippen molar-refractivity contribution in [1.82, 2.24) is 14.9 Å².